The van der Waals surface area contributed by atoms with Crippen molar-refractivity contribution in [3.05, 3.63) is 47.0 Å². The average Bonchev–Trinajstić information content (AvgIpc) is 3.18. The Labute approximate surface area is 158 Å². The molecule has 0 spiro atoms. The van der Waals surface area contributed by atoms with Gasteiger partial charge < -0.3 is 9.97 Å². The summed E-state index contributed by atoms with van der Waals surface area (Å²) in [5.74, 6) is 0. The molecule has 0 amide bonds. The highest BCUT2D eigenvalue weighted by atomic mass is 14.8. The van der Waals surface area contributed by atoms with Gasteiger partial charge in [0.05, 0.1) is 11.4 Å². The number of aromatic amines is 2. The summed E-state index contributed by atoms with van der Waals surface area (Å²) >= 11 is 0. The third-order valence-corrected chi connectivity index (χ3v) is 4.32. The molecule has 0 aliphatic rings. The van der Waals surface area contributed by atoms with Crippen molar-refractivity contribution in [2.45, 2.75) is 65.2 Å². The Bertz CT molecular complexity index is 669. The van der Waals surface area contributed by atoms with Gasteiger partial charge in [0, 0.05) is 47.7 Å². The molecular formula is C22H34N4. The molecule has 0 unspecified atom stereocenters. The third kappa shape index (κ3) is 6.32. The van der Waals surface area contributed by atoms with E-state index in [1.54, 1.807) is 0 Å². The maximum atomic E-state index is 4.51. The van der Waals surface area contributed by atoms with Crippen molar-refractivity contribution in [3.63, 3.8) is 0 Å². The van der Waals surface area contributed by atoms with Crippen LogP contribution in [0.3, 0.4) is 0 Å². The van der Waals surface area contributed by atoms with Gasteiger partial charge in [-0.1, -0.05) is 41.5 Å². The van der Waals surface area contributed by atoms with Crippen molar-refractivity contribution >= 4 is 12.4 Å². The number of nitrogens with one attached hydrogen (secondary N) is 2. The molecule has 2 heterocycles. The summed E-state index contributed by atoms with van der Waals surface area (Å²) in [5.41, 5.74) is 4.94. The minimum absolute atomic E-state index is 0.150. The van der Waals surface area contributed by atoms with E-state index in [4.69, 9.17) is 0 Å². The molecule has 0 radical (unpaired) electrons. The van der Waals surface area contributed by atoms with Gasteiger partial charge in [-0.3, -0.25) is 9.98 Å². The van der Waals surface area contributed by atoms with Gasteiger partial charge in [0.25, 0.3) is 0 Å². The molecule has 2 N–H and O–H groups in total. The first-order valence-corrected chi connectivity index (χ1v) is 9.55. The van der Waals surface area contributed by atoms with Crippen molar-refractivity contribution < 1.29 is 0 Å². The fraction of sp³-hybridized carbons (Fsp3) is 0.545. The summed E-state index contributed by atoms with van der Waals surface area (Å²) in [5, 5.41) is 0. The van der Waals surface area contributed by atoms with Crippen molar-refractivity contribution in [3.8, 4) is 0 Å². The number of rotatable bonds is 7. The Morgan fingerprint density at radius 2 is 1.08 bits per heavy atom. The molecule has 26 heavy (non-hydrogen) atoms. The lowest BCUT2D eigenvalue weighted by molar-refractivity contribution is 0.572. The first-order chi connectivity index (χ1) is 12.2. The third-order valence-electron chi connectivity index (χ3n) is 4.32. The fourth-order valence-corrected chi connectivity index (χ4v) is 2.58. The van der Waals surface area contributed by atoms with Crippen LogP contribution in [0.4, 0.5) is 0 Å². The van der Waals surface area contributed by atoms with Gasteiger partial charge >= 0.3 is 0 Å². The minimum atomic E-state index is 0.150. The molecule has 0 aliphatic heterocycles. The SMILES string of the molecule is CC(C)(C)c1ccc(C=NCCCCN=Cc2ccc(C(C)(C)C)[nH]2)[nH]1. The van der Waals surface area contributed by atoms with E-state index >= 15 is 0 Å². The van der Waals surface area contributed by atoms with Crippen molar-refractivity contribution in [2.75, 3.05) is 13.1 Å². The molecule has 0 bridgehead atoms. The van der Waals surface area contributed by atoms with E-state index in [2.05, 4.69) is 85.8 Å². The van der Waals surface area contributed by atoms with Gasteiger partial charge in [-0.05, 0) is 37.1 Å². The zero-order chi connectivity index (χ0) is 19.2. The summed E-state index contributed by atoms with van der Waals surface area (Å²) < 4.78 is 0. The molecule has 4 nitrogen and oxygen atoms in total. The molecule has 0 aromatic carbocycles. The highest BCUT2D eigenvalue weighted by Gasteiger charge is 2.15. The van der Waals surface area contributed by atoms with Gasteiger partial charge in [0.15, 0.2) is 0 Å². The largest absolute Gasteiger partial charge is 0.357 e. The van der Waals surface area contributed by atoms with Crippen LogP contribution in [0, 0.1) is 0 Å². The molecule has 4 heteroatoms. The monoisotopic (exact) mass is 354 g/mol. The number of nitrogens with zero attached hydrogens (tertiary/aromatic N) is 2. The second-order valence-electron chi connectivity index (χ2n) is 8.93. The predicted molar refractivity (Wildman–Crippen MR) is 113 cm³/mol. The number of hydrogen-bond donors (Lipinski definition) is 2. The maximum absolute atomic E-state index is 4.51. The average molecular weight is 355 g/mol. The van der Waals surface area contributed by atoms with Gasteiger partial charge in [-0.15, -0.1) is 0 Å². The Hall–Kier alpha value is -2.10. The Balaban J connectivity index is 1.66. The quantitative estimate of drug-likeness (QED) is 0.504. The van der Waals surface area contributed by atoms with Crippen molar-refractivity contribution in [1.82, 2.24) is 9.97 Å². The molecule has 0 aliphatic carbocycles. The Morgan fingerprint density at radius 1 is 0.692 bits per heavy atom. The van der Waals surface area contributed by atoms with Crippen molar-refractivity contribution in [1.29, 1.82) is 0 Å². The summed E-state index contributed by atoms with van der Waals surface area (Å²) in [7, 11) is 0. The van der Waals surface area contributed by atoms with E-state index < -0.39 is 0 Å². The molecule has 142 valence electrons. The van der Waals surface area contributed by atoms with Gasteiger partial charge in [0.2, 0.25) is 0 Å². The second kappa shape index (κ2) is 8.52. The number of unbranched alkanes of at least 4 members (excludes halogenated alkanes) is 1. The zero-order valence-electron chi connectivity index (χ0n) is 17.2. The van der Waals surface area contributed by atoms with Crippen LogP contribution >= 0.6 is 0 Å². The van der Waals surface area contributed by atoms with Crippen LogP contribution in [0.25, 0.3) is 0 Å². The topological polar surface area (TPSA) is 56.3 Å². The Kier molecular flexibility index (Phi) is 6.63. The van der Waals surface area contributed by atoms with Crippen LogP contribution in [-0.4, -0.2) is 35.5 Å². The number of H-pyrrole nitrogens is 2. The van der Waals surface area contributed by atoms with Gasteiger partial charge in [-0.2, -0.15) is 0 Å². The molecule has 0 saturated heterocycles. The maximum Gasteiger partial charge on any atom is 0.0564 e. The molecule has 0 atom stereocenters. The molecule has 0 saturated carbocycles. The summed E-state index contributed by atoms with van der Waals surface area (Å²) in [4.78, 5) is 15.9. The van der Waals surface area contributed by atoms with Crippen LogP contribution in [0.2, 0.25) is 0 Å². The molecule has 0 fully saturated rings. The lowest BCUT2D eigenvalue weighted by Crippen LogP contribution is -2.11. The van der Waals surface area contributed by atoms with E-state index in [1.165, 1.54) is 11.4 Å². The molecule has 2 aromatic heterocycles. The lowest BCUT2D eigenvalue weighted by Gasteiger charge is -2.15. The molecule has 2 aromatic rings. The van der Waals surface area contributed by atoms with Crippen molar-refractivity contribution in [2.24, 2.45) is 9.98 Å². The first-order valence-electron chi connectivity index (χ1n) is 9.55. The number of aromatic nitrogens is 2. The standard InChI is InChI=1S/C22H34N4/c1-21(2,3)19-11-9-17(25-19)15-23-13-7-8-14-24-16-18-10-12-20(26-18)22(4,5)6/h9-12,15-16,25-26H,7-8,13-14H2,1-6H3. The van der Waals surface area contributed by atoms with Crippen LogP contribution in [0.5, 0.6) is 0 Å². The van der Waals surface area contributed by atoms with Crippen LogP contribution < -0.4 is 0 Å². The smallest absolute Gasteiger partial charge is 0.0564 e. The number of hydrogen-bond acceptors (Lipinski definition) is 2. The van der Waals surface area contributed by atoms with Crippen LogP contribution in [0.15, 0.2) is 34.3 Å². The predicted octanol–water partition coefficient (Wildman–Crippen LogP) is 5.26. The number of aliphatic imine (C=N–C) groups is 2. The van der Waals surface area contributed by atoms with Crippen LogP contribution in [-0.2, 0) is 10.8 Å². The van der Waals surface area contributed by atoms with E-state index in [0.29, 0.717) is 0 Å². The van der Waals surface area contributed by atoms with E-state index in [9.17, 15) is 0 Å². The zero-order valence-corrected chi connectivity index (χ0v) is 17.2. The van der Waals surface area contributed by atoms with Crippen LogP contribution in [0.1, 0.15) is 77.2 Å². The lowest BCUT2D eigenvalue weighted by atomic mass is 9.93. The minimum Gasteiger partial charge on any atom is -0.357 e. The normalized spacial score (nSPS) is 13.3. The second-order valence-corrected chi connectivity index (χ2v) is 8.93. The highest BCUT2D eigenvalue weighted by Crippen LogP contribution is 2.21. The highest BCUT2D eigenvalue weighted by molar-refractivity contribution is 5.77. The first kappa shape index (κ1) is 20.2. The molecule has 2 rings (SSSR count). The molecular weight excluding hydrogens is 320 g/mol. The summed E-state index contributed by atoms with van der Waals surface area (Å²) in [6.07, 6.45) is 5.98. The summed E-state index contributed by atoms with van der Waals surface area (Å²) in [6.45, 7) is 14.9. The fourth-order valence-electron chi connectivity index (χ4n) is 2.58. The Morgan fingerprint density at radius 3 is 1.38 bits per heavy atom. The van der Waals surface area contributed by atoms with E-state index in [1.807, 2.05) is 12.4 Å². The van der Waals surface area contributed by atoms with Gasteiger partial charge in [0.1, 0.15) is 0 Å². The summed E-state index contributed by atoms with van der Waals surface area (Å²) in [6, 6.07) is 8.47. The van der Waals surface area contributed by atoms with E-state index in [-0.39, 0.29) is 10.8 Å². The van der Waals surface area contributed by atoms with Gasteiger partial charge in [-0.25, -0.2) is 0 Å². The van der Waals surface area contributed by atoms with E-state index in [0.717, 1.165) is 37.3 Å².